The van der Waals surface area contributed by atoms with Gasteiger partial charge in [0.15, 0.2) is 0 Å². The zero-order chi connectivity index (χ0) is 14.9. The van der Waals surface area contributed by atoms with E-state index in [4.69, 9.17) is 0 Å². The highest BCUT2D eigenvalue weighted by molar-refractivity contribution is 7.99. The van der Waals surface area contributed by atoms with Crippen molar-refractivity contribution in [2.45, 2.75) is 23.6 Å². The largest absolute Gasteiger partial charge is 0.508 e. The normalized spacial score (nSPS) is 10.8. The van der Waals surface area contributed by atoms with E-state index in [9.17, 15) is 10.2 Å². The summed E-state index contributed by atoms with van der Waals surface area (Å²) in [5.74, 6) is 0.579. The van der Waals surface area contributed by atoms with E-state index in [1.807, 2.05) is 26.4 Å². The van der Waals surface area contributed by atoms with Gasteiger partial charge in [-0.05, 0) is 67.3 Å². The Bertz CT molecular complexity index is 603. The van der Waals surface area contributed by atoms with Crippen molar-refractivity contribution in [1.82, 2.24) is 0 Å². The molecule has 2 nitrogen and oxygen atoms in total. The van der Waals surface area contributed by atoms with Crippen molar-refractivity contribution in [2.75, 3.05) is 12.5 Å². The van der Waals surface area contributed by atoms with Gasteiger partial charge in [0.2, 0.25) is 0 Å². The third kappa shape index (κ3) is 2.76. The average Bonchev–Trinajstić information content (AvgIpc) is 2.38. The molecular formula is C16H18O2S2. The van der Waals surface area contributed by atoms with E-state index in [0.29, 0.717) is 5.75 Å². The highest BCUT2D eigenvalue weighted by Gasteiger charge is 2.16. The van der Waals surface area contributed by atoms with E-state index in [0.717, 1.165) is 32.0 Å². The zero-order valence-corrected chi connectivity index (χ0v) is 13.7. The summed E-state index contributed by atoms with van der Waals surface area (Å²) < 4.78 is 0. The number of benzene rings is 2. The van der Waals surface area contributed by atoms with Gasteiger partial charge in [-0.2, -0.15) is 0 Å². The van der Waals surface area contributed by atoms with Crippen molar-refractivity contribution in [2.24, 2.45) is 0 Å². The summed E-state index contributed by atoms with van der Waals surface area (Å²) in [6, 6.07) is 7.16. The molecule has 0 aliphatic heterocycles. The Kier molecular flexibility index (Phi) is 4.55. The van der Waals surface area contributed by atoms with Crippen LogP contribution in [0, 0.1) is 13.8 Å². The molecule has 0 aliphatic carbocycles. The number of thioether (sulfide) groups is 2. The van der Waals surface area contributed by atoms with Crippen molar-refractivity contribution < 1.29 is 10.2 Å². The highest BCUT2D eigenvalue weighted by atomic mass is 32.2. The molecule has 0 saturated heterocycles. The molecule has 0 amide bonds. The van der Waals surface area contributed by atoms with Crippen molar-refractivity contribution in [3.8, 4) is 22.6 Å². The van der Waals surface area contributed by atoms with Crippen molar-refractivity contribution in [1.29, 1.82) is 0 Å². The van der Waals surface area contributed by atoms with E-state index in [2.05, 4.69) is 0 Å². The van der Waals surface area contributed by atoms with E-state index >= 15 is 0 Å². The van der Waals surface area contributed by atoms with Crippen LogP contribution in [0.2, 0.25) is 0 Å². The summed E-state index contributed by atoms with van der Waals surface area (Å²) in [7, 11) is 0. The Morgan fingerprint density at radius 2 is 1.10 bits per heavy atom. The number of aromatic hydroxyl groups is 2. The minimum Gasteiger partial charge on any atom is -0.508 e. The van der Waals surface area contributed by atoms with Crippen LogP contribution in [0.1, 0.15) is 11.1 Å². The van der Waals surface area contributed by atoms with Crippen molar-refractivity contribution >= 4 is 23.5 Å². The Morgan fingerprint density at radius 3 is 1.50 bits per heavy atom. The van der Waals surface area contributed by atoms with Crippen LogP contribution in [0.3, 0.4) is 0 Å². The molecule has 2 rings (SSSR count). The van der Waals surface area contributed by atoms with E-state index in [1.54, 1.807) is 47.8 Å². The number of aryl methyl sites for hydroxylation is 2. The van der Waals surface area contributed by atoms with Gasteiger partial charge in [0, 0.05) is 15.4 Å². The van der Waals surface area contributed by atoms with Crippen LogP contribution >= 0.6 is 23.5 Å². The topological polar surface area (TPSA) is 40.5 Å². The Morgan fingerprint density at radius 1 is 0.700 bits per heavy atom. The fourth-order valence-electron chi connectivity index (χ4n) is 2.48. The lowest BCUT2D eigenvalue weighted by Gasteiger charge is -2.18. The molecule has 0 heterocycles. The maximum atomic E-state index is 9.84. The maximum Gasteiger partial charge on any atom is 0.117 e. The van der Waals surface area contributed by atoms with Crippen LogP contribution in [0.4, 0.5) is 0 Å². The molecule has 2 aromatic carbocycles. The van der Waals surface area contributed by atoms with Gasteiger partial charge in [0.05, 0.1) is 0 Å². The van der Waals surface area contributed by atoms with Gasteiger partial charge in [0.1, 0.15) is 11.5 Å². The summed E-state index contributed by atoms with van der Waals surface area (Å²) in [5.41, 5.74) is 4.35. The molecule has 2 N–H and O–H groups in total. The lowest BCUT2D eigenvalue weighted by Crippen LogP contribution is -1.93. The fraction of sp³-hybridized carbons (Fsp3) is 0.250. The summed E-state index contributed by atoms with van der Waals surface area (Å²) >= 11 is 3.24. The summed E-state index contributed by atoms with van der Waals surface area (Å²) in [6.07, 6.45) is 4.01. The molecule has 2 aromatic rings. The van der Waals surface area contributed by atoms with E-state index < -0.39 is 0 Å². The van der Waals surface area contributed by atoms with Gasteiger partial charge in [-0.3, -0.25) is 0 Å². The second-order valence-electron chi connectivity index (χ2n) is 4.68. The molecule has 0 aliphatic rings. The molecule has 0 saturated carbocycles. The summed E-state index contributed by atoms with van der Waals surface area (Å²) in [6.45, 7) is 4.01. The number of hydrogen-bond acceptors (Lipinski definition) is 4. The molecule has 0 atom stereocenters. The third-order valence-corrected chi connectivity index (χ3v) is 4.78. The molecule has 106 valence electrons. The van der Waals surface area contributed by atoms with Crippen molar-refractivity contribution in [3.05, 3.63) is 35.4 Å². The molecule has 0 bridgehead atoms. The van der Waals surface area contributed by atoms with Crippen LogP contribution in [0.25, 0.3) is 11.1 Å². The summed E-state index contributed by atoms with van der Waals surface area (Å²) in [4.78, 5) is 2.09. The minimum atomic E-state index is 0.288. The Hall–Kier alpha value is -1.26. The van der Waals surface area contributed by atoms with Crippen LogP contribution in [0.15, 0.2) is 34.1 Å². The number of hydrogen-bond donors (Lipinski definition) is 2. The lowest BCUT2D eigenvalue weighted by molar-refractivity contribution is 0.472. The number of rotatable bonds is 3. The monoisotopic (exact) mass is 306 g/mol. The predicted molar refractivity (Wildman–Crippen MR) is 88.2 cm³/mol. The molecule has 0 spiro atoms. The number of phenolic OH excluding ortho intramolecular Hbond substituents is 2. The van der Waals surface area contributed by atoms with Gasteiger partial charge < -0.3 is 10.2 Å². The van der Waals surface area contributed by atoms with Gasteiger partial charge in [-0.25, -0.2) is 0 Å². The van der Waals surface area contributed by atoms with Gasteiger partial charge in [0.25, 0.3) is 0 Å². The first-order chi connectivity index (χ1) is 9.47. The first kappa shape index (κ1) is 15.1. The van der Waals surface area contributed by atoms with Crippen LogP contribution in [-0.4, -0.2) is 22.7 Å². The third-order valence-electron chi connectivity index (χ3n) is 3.26. The van der Waals surface area contributed by atoms with Crippen LogP contribution < -0.4 is 0 Å². The maximum absolute atomic E-state index is 9.84. The highest BCUT2D eigenvalue weighted by Crippen LogP contribution is 2.43. The molecule has 4 heteroatoms. The van der Waals surface area contributed by atoms with Crippen molar-refractivity contribution in [3.63, 3.8) is 0 Å². The predicted octanol–water partition coefficient (Wildman–Crippen LogP) is 4.83. The quantitative estimate of drug-likeness (QED) is 0.797. The minimum absolute atomic E-state index is 0.288. The van der Waals surface area contributed by atoms with Crippen LogP contribution in [-0.2, 0) is 0 Å². The molecular weight excluding hydrogens is 288 g/mol. The molecule has 20 heavy (non-hydrogen) atoms. The second-order valence-corrected chi connectivity index (χ2v) is 6.38. The fourth-order valence-corrected chi connectivity index (χ4v) is 3.85. The standard InChI is InChI=1S/C16H18O2S2/c1-9-5-11(17)6-10(2)15(9)16-13(19-3)7-12(18)8-14(16)20-4/h5-8,17-18H,1-4H3. The average molecular weight is 306 g/mol. The summed E-state index contributed by atoms with van der Waals surface area (Å²) in [5, 5.41) is 19.6. The number of phenols is 2. The van der Waals surface area contributed by atoms with E-state index in [1.165, 1.54) is 0 Å². The Balaban J connectivity index is 2.81. The van der Waals surface area contributed by atoms with E-state index in [-0.39, 0.29) is 5.75 Å². The van der Waals surface area contributed by atoms with Crippen LogP contribution in [0.5, 0.6) is 11.5 Å². The molecule has 0 aromatic heterocycles. The van der Waals surface area contributed by atoms with Gasteiger partial charge in [-0.1, -0.05) is 0 Å². The molecule has 0 unspecified atom stereocenters. The lowest BCUT2D eigenvalue weighted by atomic mass is 9.95. The zero-order valence-electron chi connectivity index (χ0n) is 12.0. The molecule has 0 fully saturated rings. The first-order valence-electron chi connectivity index (χ1n) is 6.23. The molecule has 0 radical (unpaired) electrons. The Labute approximate surface area is 128 Å². The van der Waals surface area contributed by atoms with Gasteiger partial charge in [-0.15, -0.1) is 23.5 Å². The smallest absolute Gasteiger partial charge is 0.117 e. The first-order valence-corrected chi connectivity index (χ1v) is 8.68. The SMILES string of the molecule is CSc1cc(O)cc(SC)c1-c1c(C)cc(O)cc1C. The second kappa shape index (κ2) is 6.02. The van der Waals surface area contributed by atoms with Gasteiger partial charge >= 0.3 is 0 Å².